The van der Waals surface area contributed by atoms with E-state index in [9.17, 15) is 0 Å². The Kier molecular flexibility index (Phi) is 3.94. The van der Waals surface area contributed by atoms with Gasteiger partial charge in [-0.05, 0) is 31.0 Å². The molecular formula is C10H13ClOS. The van der Waals surface area contributed by atoms with Crippen LogP contribution in [0, 0.1) is 6.92 Å². The van der Waals surface area contributed by atoms with E-state index >= 15 is 0 Å². The molecule has 1 rings (SSSR count). The maximum Gasteiger partial charge on any atom is 0.132 e. The third kappa shape index (κ3) is 2.82. The molecule has 0 aliphatic rings. The Morgan fingerprint density at radius 3 is 2.77 bits per heavy atom. The Morgan fingerprint density at radius 1 is 1.46 bits per heavy atom. The molecule has 0 aliphatic carbocycles. The Labute approximate surface area is 89.5 Å². The van der Waals surface area contributed by atoms with Gasteiger partial charge in [0, 0.05) is 9.92 Å². The third-order valence-corrected chi connectivity index (χ3v) is 2.46. The molecule has 72 valence electrons. The van der Waals surface area contributed by atoms with Gasteiger partial charge in [0.25, 0.3) is 0 Å². The first-order chi connectivity index (χ1) is 6.15. The fourth-order valence-electron chi connectivity index (χ4n) is 0.972. The minimum atomic E-state index is 0.717. The Hall–Kier alpha value is -0.340. The lowest BCUT2D eigenvalue weighted by molar-refractivity contribution is 0.310. The van der Waals surface area contributed by atoms with Crippen LogP contribution >= 0.6 is 24.2 Å². The molecule has 0 saturated heterocycles. The van der Waals surface area contributed by atoms with Crippen molar-refractivity contribution in [1.82, 2.24) is 0 Å². The van der Waals surface area contributed by atoms with Gasteiger partial charge in [-0.1, -0.05) is 18.5 Å². The van der Waals surface area contributed by atoms with Gasteiger partial charge >= 0.3 is 0 Å². The minimum Gasteiger partial charge on any atom is -0.492 e. The minimum absolute atomic E-state index is 0.717. The Morgan fingerprint density at radius 2 is 2.15 bits per heavy atom. The van der Waals surface area contributed by atoms with Crippen molar-refractivity contribution >= 4 is 24.2 Å². The topological polar surface area (TPSA) is 9.23 Å². The molecule has 0 saturated carbocycles. The quantitative estimate of drug-likeness (QED) is 0.758. The predicted octanol–water partition coefficient (Wildman–Crippen LogP) is 3.73. The number of benzene rings is 1. The first kappa shape index (κ1) is 10.7. The summed E-state index contributed by atoms with van der Waals surface area (Å²) in [5.74, 6) is 0.812. The molecule has 13 heavy (non-hydrogen) atoms. The largest absolute Gasteiger partial charge is 0.492 e. The van der Waals surface area contributed by atoms with Crippen molar-refractivity contribution in [3.8, 4) is 5.75 Å². The van der Waals surface area contributed by atoms with Crippen LogP contribution in [-0.4, -0.2) is 6.61 Å². The summed E-state index contributed by atoms with van der Waals surface area (Å²) in [4.78, 5) is 0.795. The van der Waals surface area contributed by atoms with Gasteiger partial charge in [-0.15, -0.1) is 12.6 Å². The first-order valence-corrected chi connectivity index (χ1v) is 5.09. The summed E-state index contributed by atoms with van der Waals surface area (Å²) < 4.78 is 5.49. The molecule has 3 heteroatoms. The fourth-order valence-corrected chi connectivity index (χ4v) is 1.47. The Balaban J connectivity index is 2.88. The van der Waals surface area contributed by atoms with Crippen LogP contribution in [0.3, 0.4) is 0 Å². The SMILES string of the molecule is CCCOc1cc(C)c(Cl)cc1S. The van der Waals surface area contributed by atoms with E-state index in [-0.39, 0.29) is 0 Å². The highest BCUT2D eigenvalue weighted by molar-refractivity contribution is 7.80. The predicted molar refractivity (Wildman–Crippen MR) is 59.2 cm³/mol. The second-order valence-electron chi connectivity index (χ2n) is 2.92. The van der Waals surface area contributed by atoms with Crippen LogP contribution in [0.2, 0.25) is 5.02 Å². The van der Waals surface area contributed by atoms with Crippen molar-refractivity contribution in [3.05, 3.63) is 22.7 Å². The van der Waals surface area contributed by atoms with Crippen molar-refractivity contribution in [1.29, 1.82) is 0 Å². The lowest BCUT2D eigenvalue weighted by Gasteiger charge is -2.09. The molecule has 0 heterocycles. The third-order valence-electron chi connectivity index (χ3n) is 1.70. The van der Waals surface area contributed by atoms with E-state index in [0.29, 0.717) is 6.61 Å². The van der Waals surface area contributed by atoms with Crippen LogP contribution < -0.4 is 4.74 Å². The van der Waals surface area contributed by atoms with E-state index in [1.165, 1.54) is 0 Å². The second kappa shape index (κ2) is 4.77. The van der Waals surface area contributed by atoms with Crippen LogP contribution in [-0.2, 0) is 0 Å². The zero-order valence-corrected chi connectivity index (χ0v) is 9.45. The van der Waals surface area contributed by atoms with Crippen LogP contribution in [0.4, 0.5) is 0 Å². The summed E-state index contributed by atoms with van der Waals surface area (Å²) in [6.45, 7) is 4.74. The summed E-state index contributed by atoms with van der Waals surface area (Å²) in [6.07, 6.45) is 0.995. The van der Waals surface area contributed by atoms with Crippen molar-refractivity contribution in [2.75, 3.05) is 6.61 Å². The number of thiol groups is 1. The van der Waals surface area contributed by atoms with Gasteiger partial charge in [0.15, 0.2) is 0 Å². The summed E-state index contributed by atoms with van der Waals surface area (Å²) in [5, 5.41) is 0.730. The molecule has 0 bridgehead atoms. The van der Waals surface area contributed by atoms with E-state index in [0.717, 1.165) is 27.7 Å². The number of halogens is 1. The number of hydrogen-bond donors (Lipinski definition) is 1. The first-order valence-electron chi connectivity index (χ1n) is 4.27. The molecule has 0 aliphatic heterocycles. The molecule has 0 unspecified atom stereocenters. The number of hydrogen-bond acceptors (Lipinski definition) is 2. The molecule has 1 nitrogen and oxygen atoms in total. The van der Waals surface area contributed by atoms with E-state index in [4.69, 9.17) is 16.3 Å². The standard InChI is InChI=1S/C10H13ClOS/c1-3-4-12-9-5-7(2)8(11)6-10(9)13/h5-6,13H,3-4H2,1-2H3. The van der Waals surface area contributed by atoms with Crippen molar-refractivity contribution in [2.24, 2.45) is 0 Å². The number of aryl methyl sites for hydroxylation is 1. The second-order valence-corrected chi connectivity index (χ2v) is 3.81. The maximum absolute atomic E-state index is 5.92. The average Bonchev–Trinajstić information content (AvgIpc) is 2.09. The van der Waals surface area contributed by atoms with Crippen LogP contribution in [0.15, 0.2) is 17.0 Å². The summed E-state index contributed by atoms with van der Waals surface area (Å²) in [7, 11) is 0. The molecular weight excluding hydrogens is 204 g/mol. The lowest BCUT2D eigenvalue weighted by atomic mass is 10.2. The lowest BCUT2D eigenvalue weighted by Crippen LogP contribution is -1.96. The number of rotatable bonds is 3. The van der Waals surface area contributed by atoms with E-state index in [1.54, 1.807) is 0 Å². The van der Waals surface area contributed by atoms with Gasteiger partial charge < -0.3 is 4.74 Å². The van der Waals surface area contributed by atoms with Crippen LogP contribution in [0.5, 0.6) is 5.75 Å². The van der Waals surface area contributed by atoms with Gasteiger partial charge in [0.05, 0.1) is 6.61 Å². The smallest absolute Gasteiger partial charge is 0.132 e. The highest BCUT2D eigenvalue weighted by Gasteiger charge is 2.03. The molecule has 0 amide bonds. The van der Waals surface area contributed by atoms with Crippen molar-refractivity contribution in [3.63, 3.8) is 0 Å². The monoisotopic (exact) mass is 216 g/mol. The van der Waals surface area contributed by atoms with Crippen molar-refractivity contribution in [2.45, 2.75) is 25.2 Å². The zero-order valence-electron chi connectivity index (χ0n) is 7.80. The molecule has 0 spiro atoms. The molecule has 0 atom stereocenters. The molecule has 0 N–H and O–H groups in total. The van der Waals surface area contributed by atoms with Gasteiger partial charge in [-0.25, -0.2) is 0 Å². The average molecular weight is 217 g/mol. The maximum atomic E-state index is 5.92. The fraction of sp³-hybridized carbons (Fsp3) is 0.400. The molecule has 0 fully saturated rings. The van der Waals surface area contributed by atoms with Gasteiger partial charge in [-0.3, -0.25) is 0 Å². The summed E-state index contributed by atoms with van der Waals surface area (Å²) in [5.41, 5.74) is 1.02. The number of ether oxygens (including phenoxy) is 1. The highest BCUT2D eigenvalue weighted by atomic mass is 35.5. The summed E-state index contributed by atoms with van der Waals surface area (Å²) in [6, 6.07) is 3.73. The van der Waals surface area contributed by atoms with Gasteiger partial charge in [0.1, 0.15) is 5.75 Å². The van der Waals surface area contributed by atoms with Crippen LogP contribution in [0.25, 0.3) is 0 Å². The van der Waals surface area contributed by atoms with Crippen molar-refractivity contribution < 1.29 is 4.74 Å². The zero-order chi connectivity index (χ0) is 9.84. The Bertz CT molecular complexity index is 299. The molecule has 1 aromatic rings. The van der Waals surface area contributed by atoms with E-state index in [2.05, 4.69) is 19.6 Å². The van der Waals surface area contributed by atoms with Crippen LogP contribution in [0.1, 0.15) is 18.9 Å². The van der Waals surface area contributed by atoms with E-state index in [1.807, 2.05) is 19.1 Å². The van der Waals surface area contributed by atoms with Gasteiger partial charge in [0.2, 0.25) is 0 Å². The normalized spacial score (nSPS) is 10.2. The molecule has 1 aromatic carbocycles. The summed E-state index contributed by atoms with van der Waals surface area (Å²) >= 11 is 10.2. The highest BCUT2D eigenvalue weighted by Crippen LogP contribution is 2.29. The van der Waals surface area contributed by atoms with E-state index < -0.39 is 0 Å². The van der Waals surface area contributed by atoms with Gasteiger partial charge in [-0.2, -0.15) is 0 Å². The molecule has 0 radical (unpaired) electrons. The molecule has 0 aromatic heterocycles.